The first-order valence-electron chi connectivity index (χ1n) is 11.8. The van der Waals surface area contributed by atoms with Crippen molar-refractivity contribution >= 4 is 28.7 Å². The minimum atomic E-state index is -1.14. The predicted octanol–water partition coefficient (Wildman–Crippen LogP) is 1.30. The van der Waals surface area contributed by atoms with E-state index in [1.54, 1.807) is 4.90 Å². The van der Waals surface area contributed by atoms with Crippen LogP contribution in [0.2, 0.25) is 0 Å². The van der Waals surface area contributed by atoms with E-state index in [0.29, 0.717) is 39.0 Å². The fraction of sp³-hybridized carbons (Fsp3) is 0.333. The molecular formula is C27H28N4O3. The number of hydrogen-bond acceptors (Lipinski definition) is 5. The van der Waals surface area contributed by atoms with Gasteiger partial charge in [-0.25, -0.2) is 0 Å². The molecule has 1 fully saturated rings. The number of fused-ring (bicyclic) bond motifs is 1. The first kappa shape index (κ1) is 22.2. The summed E-state index contributed by atoms with van der Waals surface area (Å²) in [6, 6.07) is 16.4. The molecule has 34 heavy (non-hydrogen) atoms. The molecule has 0 bridgehead atoms. The van der Waals surface area contributed by atoms with Crippen molar-refractivity contribution < 1.29 is 19.6 Å². The topological polar surface area (TPSA) is 90.7 Å². The Bertz CT molecular complexity index is 1250. The molecule has 1 amide bonds. The summed E-state index contributed by atoms with van der Waals surface area (Å²) in [5.41, 5.74) is 4.04. The number of aromatic nitrogens is 2. The average Bonchev–Trinajstić information content (AvgIpc) is 2.88. The number of carboxylic acid groups (broad SMARTS) is 1. The molecule has 0 spiro atoms. The maximum atomic E-state index is 13.1. The van der Waals surface area contributed by atoms with Crippen molar-refractivity contribution in [2.75, 3.05) is 26.2 Å². The van der Waals surface area contributed by atoms with E-state index in [9.17, 15) is 14.7 Å². The van der Waals surface area contributed by atoms with Crippen molar-refractivity contribution in [3.05, 3.63) is 66.2 Å². The molecule has 7 heteroatoms. The number of carbonyl (C=O) groups is 2. The normalized spacial score (nSPS) is 21.0. The lowest BCUT2D eigenvalue weighted by atomic mass is 9.82. The maximum Gasteiger partial charge on any atom is 0.328 e. The standard InChI is InChI=1S/C27H28N4O3/c1-18-11-12-23-22(17-18)24(19-7-3-2-4-8-19)29-27(28-23)31-15-13-30(14-16-31)25(32)20-9-5-6-10-21(20)26(33)34/h2-8,11-12,17,20-21H,9-10,13-16H2,1H3,(H,33,34). The van der Waals surface area contributed by atoms with Gasteiger partial charge in [0.05, 0.1) is 24.3 Å². The number of rotatable bonds is 4. The molecule has 1 aromatic heterocycles. The Labute approximate surface area is 198 Å². The third kappa shape index (κ3) is 4.31. The molecule has 2 unspecified atom stereocenters. The minimum Gasteiger partial charge on any atom is -0.550 e. The van der Waals surface area contributed by atoms with Crippen LogP contribution in [0.15, 0.2) is 60.7 Å². The summed E-state index contributed by atoms with van der Waals surface area (Å²) in [7, 11) is 0. The van der Waals surface area contributed by atoms with Gasteiger partial charge in [-0.2, -0.15) is 9.97 Å². The van der Waals surface area contributed by atoms with E-state index >= 15 is 0 Å². The van der Waals surface area contributed by atoms with E-state index < -0.39 is 17.8 Å². The van der Waals surface area contributed by atoms with Gasteiger partial charge in [0.1, 0.15) is 13.1 Å². The zero-order chi connectivity index (χ0) is 23.7. The first-order chi connectivity index (χ1) is 16.5. The predicted molar refractivity (Wildman–Crippen MR) is 127 cm³/mol. The summed E-state index contributed by atoms with van der Waals surface area (Å²) in [6.07, 6.45) is 4.54. The van der Waals surface area contributed by atoms with Crippen LogP contribution in [-0.2, 0) is 9.59 Å². The van der Waals surface area contributed by atoms with Crippen molar-refractivity contribution in [1.82, 2.24) is 14.9 Å². The molecule has 2 aromatic carbocycles. The highest BCUT2D eigenvalue weighted by Gasteiger charge is 2.35. The van der Waals surface area contributed by atoms with Crippen LogP contribution in [0.4, 0.5) is 5.95 Å². The molecule has 2 atom stereocenters. The minimum absolute atomic E-state index is 0.0857. The number of benzene rings is 2. The summed E-state index contributed by atoms with van der Waals surface area (Å²) in [5, 5.41) is 12.6. The van der Waals surface area contributed by atoms with Crippen molar-refractivity contribution in [2.24, 2.45) is 11.8 Å². The molecule has 1 saturated heterocycles. The van der Waals surface area contributed by atoms with Crippen LogP contribution in [-0.4, -0.2) is 52.9 Å². The van der Waals surface area contributed by atoms with Crippen LogP contribution < -0.4 is 10.0 Å². The molecule has 3 aromatic rings. The van der Waals surface area contributed by atoms with Crippen LogP contribution in [0.25, 0.3) is 22.2 Å². The third-order valence-electron chi connectivity index (χ3n) is 6.95. The molecule has 2 heterocycles. The number of carboxylic acids is 1. The van der Waals surface area contributed by atoms with Gasteiger partial charge in [-0.3, -0.25) is 9.69 Å². The van der Waals surface area contributed by atoms with Crippen molar-refractivity contribution in [3.8, 4) is 11.3 Å². The zero-order valence-corrected chi connectivity index (χ0v) is 19.2. The number of amides is 1. The second-order valence-corrected chi connectivity index (χ2v) is 9.19. The van der Waals surface area contributed by atoms with Crippen LogP contribution in [0, 0.1) is 18.8 Å². The lowest BCUT2D eigenvalue weighted by Crippen LogP contribution is -3.11. The Hall–Kier alpha value is -3.58. The fourth-order valence-corrected chi connectivity index (χ4v) is 5.02. The summed E-state index contributed by atoms with van der Waals surface area (Å²) < 4.78 is 0. The van der Waals surface area contributed by atoms with E-state index in [4.69, 9.17) is 9.97 Å². The first-order valence-corrected chi connectivity index (χ1v) is 11.8. The number of nitrogens with one attached hydrogen (secondary N) is 1. The van der Waals surface area contributed by atoms with Crippen molar-refractivity contribution in [1.29, 1.82) is 0 Å². The van der Waals surface area contributed by atoms with Crippen LogP contribution in [0.1, 0.15) is 18.4 Å². The Balaban J connectivity index is 1.38. The lowest BCUT2D eigenvalue weighted by Gasteiger charge is -2.36. The SMILES string of the molecule is Cc1ccc2nc([NH+]3CCN(C(=O)C4CC=CCC4C(=O)[O-])CC3)nc(-c3ccccc3)c2c1. The van der Waals surface area contributed by atoms with Gasteiger partial charge in [-0.15, -0.1) is 0 Å². The zero-order valence-electron chi connectivity index (χ0n) is 19.2. The van der Waals surface area contributed by atoms with Gasteiger partial charge in [-0.1, -0.05) is 54.1 Å². The second-order valence-electron chi connectivity index (χ2n) is 9.19. The van der Waals surface area contributed by atoms with E-state index in [-0.39, 0.29) is 5.91 Å². The highest BCUT2D eigenvalue weighted by molar-refractivity contribution is 5.93. The van der Waals surface area contributed by atoms with Gasteiger partial charge < -0.3 is 14.8 Å². The Kier molecular flexibility index (Phi) is 6.11. The number of nitrogens with zero attached hydrogens (tertiary/aromatic N) is 3. The highest BCUT2D eigenvalue weighted by Crippen LogP contribution is 2.28. The molecule has 7 nitrogen and oxygen atoms in total. The quantitative estimate of drug-likeness (QED) is 0.598. The Morgan fingerprint density at radius 3 is 2.38 bits per heavy atom. The molecule has 0 radical (unpaired) electrons. The number of aliphatic carboxylic acids is 1. The number of aryl methyl sites for hydroxylation is 1. The van der Waals surface area contributed by atoms with Gasteiger partial charge in [0, 0.05) is 28.8 Å². The summed E-state index contributed by atoms with van der Waals surface area (Å²) in [4.78, 5) is 37.4. The van der Waals surface area contributed by atoms with E-state index in [1.807, 2.05) is 36.4 Å². The van der Waals surface area contributed by atoms with Crippen LogP contribution in [0.3, 0.4) is 0 Å². The summed E-state index contributed by atoms with van der Waals surface area (Å²) in [5.74, 6) is -1.78. The number of quaternary nitrogens is 1. The van der Waals surface area contributed by atoms with Gasteiger partial charge >= 0.3 is 5.95 Å². The lowest BCUT2D eigenvalue weighted by molar-refractivity contribution is -0.842. The Morgan fingerprint density at radius 1 is 0.971 bits per heavy atom. The maximum absolute atomic E-state index is 13.1. The van der Waals surface area contributed by atoms with Crippen molar-refractivity contribution in [2.45, 2.75) is 19.8 Å². The largest absolute Gasteiger partial charge is 0.550 e. The molecule has 2 aliphatic rings. The fourth-order valence-electron chi connectivity index (χ4n) is 5.02. The molecule has 1 N–H and O–H groups in total. The van der Waals surface area contributed by atoms with Gasteiger partial charge in [0.2, 0.25) is 5.91 Å². The monoisotopic (exact) mass is 456 g/mol. The smallest absolute Gasteiger partial charge is 0.328 e. The number of allylic oxidation sites excluding steroid dienone is 2. The van der Waals surface area contributed by atoms with Gasteiger partial charge in [0.25, 0.3) is 0 Å². The average molecular weight is 457 g/mol. The molecule has 1 aliphatic carbocycles. The number of piperazine rings is 1. The highest BCUT2D eigenvalue weighted by atomic mass is 16.4. The van der Waals surface area contributed by atoms with Gasteiger partial charge in [0.15, 0.2) is 0 Å². The van der Waals surface area contributed by atoms with Crippen LogP contribution in [0.5, 0.6) is 0 Å². The third-order valence-corrected chi connectivity index (χ3v) is 6.95. The molecule has 1 aliphatic heterocycles. The van der Waals surface area contributed by atoms with E-state index in [1.165, 1.54) is 0 Å². The van der Waals surface area contributed by atoms with Crippen molar-refractivity contribution in [3.63, 3.8) is 0 Å². The van der Waals surface area contributed by atoms with E-state index in [0.717, 1.165) is 38.6 Å². The summed E-state index contributed by atoms with van der Waals surface area (Å²) in [6.45, 7) is 4.51. The Morgan fingerprint density at radius 2 is 1.68 bits per heavy atom. The van der Waals surface area contributed by atoms with E-state index in [2.05, 4.69) is 31.2 Å². The molecule has 174 valence electrons. The number of carbonyl (C=O) groups excluding carboxylic acids is 2. The van der Waals surface area contributed by atoms with Gasteiger partial charge in [-0.05, 0) is 31.9 Å². The summed E-state index contributed by atoms with van der Waals surface area (Å²) >= 11 is 0. The molecular weight excluding hydrogens is 428 g/mol. The molecule has 0 saturated carbocycles. The number of hydrogen-bond donors (Lipinski definition) is 1. The molecule has 5 rings (SSSR count). The van der Waals surface area contributed by atoms with Crippen LogP contribution >= 0.6 is 0 Å². The second kappa shape index (κ2) is 9.35.